The number of halogens is 1. The molecule has 0 radical (unpaired) electrons. The van der Waals surface area contributed by atoms with Gasteiger partial charge in [-0.1, -0.05) is 6.07 Å². The Labute approximate surface area is 132 Å². The monoisotopic (exact) mass is 310 g/mol. The van der Waals surface area contributed by atoms with Crippen LogP contribution in [-0.2, 0) is 6.42 Å². The van der Waals surface area contributed by atoms with Crippen LogP contribution in [0.4, 0.5) is 4.39 Å². The van der Waals surface area contributed by atoms with Crippen LogP contribution >= 0.6 is 0 Å². The summed E-state index contributed by atoms with van der Waals surface area (Å²) in [5.41, 5.74) is 2.00. The third-order valence-corrected chi connectivity index (χ3v) is 3.37. The van der Waals surface area contributed by atoms with Gasteiger partial charge in [0.1, 0.15) is 11.5 Å². The first-order chi connectivity index (χ1) is 11.2. The zero-order valence-corrected chi connectivity index (χ0v) is 12.3. The van der Waals surface area contributed by atoms with Crippen LogP contribution in [-0.4, -0.2) is 27.0 Å². The van der Waals surface area contributed by atoms with Crippen molar-refractivity contribution in [3.8, 4) is 5.69 Å². The number of amides is 1. The molecule has 0 aliphatic carbocycles. The lowest BCUT2D eigenvalue weighted by atomic mass is 10.2. The van der Waals surface area contributed by atoms with E-state index < -0.39 is 0 Å². The largest absolute Gasteiger partial charge is 0.350 e. The zero-order valence-electron chi connectivity index (χ0n) is 12.3. The van der Waals surface area contributed by atoms with Gasteiger partial charge < -0.3 is 5.32 Å². The fourth-order valence-electron chi connectivity index (χ4n) is 2.21. The second-order valence-electron chi connectivity index (χ2n) is 4.95. The summed E-state index contributed by atoms with van der Waals surface area (Å²) in [5, 5.41) is 2.84. The van der Waals surface area contributed by atoms with E-state index >= 15 is 0 Å². The van der Waals surface area contributed by atoms with Gasteiger partial charge in [-0.3, -0.25) is 14.3 Å². The highest BCUT2D eigenvalue weighted by Gasteiger charge is 2.12. The van der Waals surface area contributed by atoms with Crippen LogP contribution in [0.3, 0.4) is 0 Å². The first-order valence-corrected chi connectivity index (χ1v) is 7.20. The average Bonchev–Trinajstić information content (AvgIpc) is 3.06. The van der Waals surface area contributed by atoms with Crippen molar-refractivity contribution in [2.24, 2.45) is 0 Å². The topological polar surface area (TPSA) is 59.8 Å². The molecule has 1 N–H and O–H groups in total. The van der Waals surface area contributed by atoms with Crippen LogP contribution in [0.2, 0.25) is 0 Å². The minimum Gasteiger partial charge on any atom is -0.350 e. The van der Waals surface area contributed by atoms with Crippen molar-refractivity contribution in [1.29, 1.82) is 0 Å². The maximum Gasteiger partial charge on any atom is 0.269 e. The van der Waals surface area contributed by atoms with Crippen molar-refractivity contribution in [3.05, 3.63) is 78.4 Å². The summed E-state index contributed by atoms with van der Waals surface area (Å²) in [6.07, 6.45) is 5.39. The van der Waals surface area contributed by atoms with E-state index in [4.69, 9.17) is 0 Å². The van der Waals surface area contributed by atoms with Crippen molar-refractivity contribution in [2.75, 3.05) is 6.54 Å². The van der Waals surface area contributed by atoms with Gasteiger partial charge in [-0.15, -0.1) is 0 Å². The number of nitrogens with zero attached hydrogens (tertiary/aromatic N) is 3. The highest BCUT2D eigenvalue weighted by Crippen LogP contribution is 2.12. The molecule has 116 valence electrons. The lowest BCUT2D eigenvalue weighted by Gasteiger charge is -2.09. The number of aromatic nitrogens is 3. The summed E-state index contributed by atoms with van der Waals surface area (Å²) >= 11 is 0. The number of benzene rings is 1. The molecule has 3 rings (SSSR count). The first-order valence-electron chi connectivity index (χ1n) is 7.20. The van der Waals surface area contributed by atoms with Gasteiger partial charge in [0.25, 0.3) is 5.91 Å². The fourth-order valence-corrected chi connectivity index (χ4v) is 2.21. The number of carbonyl (C=O) groups excluding carboxylic acids is 1. The molecule has 1 aromatic carbocycles. The molecule has 23 heavy (non-hydrogen) atoms. The zero-order chi connectivity index (χ0) is 16.1. The molecular weight excluding hydrogens is 295 g/mol. The molecular formula is C17H15FN4O. The number of nitrogens with one attached hydrogen (secondary N) is 1. The molecule has 1 amide bonds. The van der Waals surface area contributed by atoms with Crippen molar-refractivity contribution in [3.63, 3.8) is 0 Å². The highest BCUT2D eigenvalue weighted by molar-refractivity contribution is 5.92. The van der Waals surface area contributed by atoms with E-state index in [0.717, 1.165) is 5.69 Å². The second-order valence-corrected chi connectivity index (χ2v) is 4.95. The van der Waals surface area contributed by atoms with Gasteiger partial charge in [-0.2, -0.15) is 0 Å². The molecule has 0 fully saturated rings. The Kier molecular flexibility index (Phi) is 4.42. The van der Waals surface area contributed by atoms with Crippen LogP contribution in [0, 0.1) is 5.82 Å². The van der Waals surface area contributed by atoms with Gasteiger partial charge in [0, 0.05) is 30.5 Å². The molecule has 0 atom stereocenters. The molecule has 2 aromatic heterocycles. The maximum atomic E-state index is 13.0. The van der Waals surface area contributed by atoms with Crippen LogP contribution in [0.1, 0.15) is 16.2 Å². The predicted molar refractivity (Wildman–Crippen MR) is 83.8 cm³/mol. The van der Waals surface area contributed by atoms with E-state index in [9.17, 15) is 9.18 Å². The molecule has 0 spiro atoms. The Bertz CT molecular complexity index is 784. The van der Waals surface area contributed by atoms with Gasteiger partial charge >= 0.3 is 0 Å². The molecule has 2 heterocycles. The quantitative estimate of drug-likeness (QED) is 0.787. The van der Waals surface area contributed by atoms with Crippen molar-refractivity contribution >= 4 is 5.91 Å². The van der Waals surface area contributed by atoms with Crippen LogP contribution < -0.4 is 5.32 Å². The summed E-state index contributed by atoms with van der Waals surface area (Å²) in [5.74, 6) is -0.557. The van der Waals surface area contributed by atoms with Crippen LogP contribution in [0.25, 0.3) is 5.69 Å². The fraction of sp³-hybridized carbons (Fsp3) is 0.118. The predicted octanol–water partition coefficient (Wildman–Crippen LogP) is 2.38. The second kappa shape index (κ2) is 6.83. The van der Waals surface area contributed by atoms with Crippen molar-refractivity contribution < 1.29 is 9.18 Å². The Morgan fingerprint density at radius 1 is 1.17 bits per heavy atom. The number of hydrogen-bond acceptors (Lipinski definition) is 3. The number of carbonyl (C=O) groups is 1. The minimum atomic E-state index is -0.324. The number of hydrogen-bond donors (Lipinski definition) is 1. The molecule has 0 saturated carbocycles. The molecule has 5 nitrogen and oxygen atoms in total. The van der Waals surface area contributed by atoms with E-state index in [2.05, 4.69) is 15.3 Å². The number of pyridine rings is 1. The van der Waals surface area contributed by atoms with Crippen molar-refractivity contribution in [1.82, 2.24) is 19.9 Å². The van der Waals surface area contributed by atoms with E-state index in [1.165, 1.54) is 24.7 Å². The molecule has 6 heteroatoms. The molecule has 0 saturated heterocycles. The van der Waals surface area contributed by atoms with Gasteiger partial charge in [0.15, 0.2) is 0 Å². The van der Waals surface area contributed by atoms with Crippen LogP contribution in [0.15, 0.2) is 61.2 Å². The van der Waals surface area contributed by atoms with E-state index in [1.807, 2.05) is 18.2 Å². The normalized spacial score (nSPS) is 10.5. The summed E-state index contributed by atoms with van der Waals surface area (Å²) in [4.78, 5) is 20.5. The molecule has 0 bridgehead atoms. The average molecular weight is 310 g/mol. The smallest absolute Gasteiger partial charge is 0.269 e. The third-order valence-electron chi connectivity index (χ3n) is 3.37. The lowest BCUT2D eigenvalue weighted by molar-refractivity contribution is 0.0947. The van der Waals surface area contributed by atoms with Gasteiger partial charge in [0.05, 0.1) is 12.5 Å². The number of rotatable bonds is 5. The summed E-state index contributed by atoms with van der Waals surface area (Å²) in [6, 6.07) is 11.6. The van der Waals surface area contributed by atoms with E-state index in [1.54, 1.807) is 22.9 Å². The van der Waals surface area contributed by atoms with Crippen molar-refractivity contribution in [2.45, 2.75) is 6.42 Å². The minimum absolute atomic E-state index is 0.234. The molecule has 0 unspecified atom stereocenters. The Balaban J connectivity index is 1.66. The summed E-state index contributed by atoms with van der Waals surface area (Å²) < 4.78 is 14.6. The van der Waals surface area contributed by atoms with E-state index in [-0.39, 0.29) is 11.7 Å². The number of imidazole rings is 1. The van der Waals surface area contributed by atoms with Crippen LogP contribution in [0.5, 0.6) is 0 Å². The Morgan fingerprint density at radius 3 is 2.74 bits per heavy atom. The first kappa shape index (κ1) is 14.9. The van der Waals surface area contributed by atoms with Gasteiger partial charge in [-0.25, -0.2) is 9.37 Å². The molecule has 3 aromatic rings. The standard InChI is InChI=1S/C17H15FN4O/c18-13-4-6-15(7-5-13)22-12-19-11-16(22)17(23)21-10-8-14-3-1-2-9-20-14/h1-7,9,11-12H,8,10H2,(H,21,23). The Morgan fingerprint density at radius 2 is 2.00 bits per heavy atom. The Hall–Kier alpha value is -3.02. The maximum absolute atomic E-state index is 13.0. The van der Waals surface area contributed by atoms with Gasteiger partial charge in [-0.05, 0) is 36.4 Å². The summed E-state index contributed by atoms with van der Waals surface area (Å²) in [6.45, 7) is 0.477. The highest BCUT2D eigenvalue weighted by atomic mass is 19.1. The SMILES string of the molecule is O=C(NCCc1ccccn1)c1cncn1-c1ccc(F)cc1. The molecule has 0 aliphatic rings. The lowest BCUT2D eigenvalue weighted by Crippen LogP contribution is -2.27. The summed E-state index contributed by atoms with van der Waals surface area (Å²) in [7, 11) is 0. The van der Waals surface area contributed by atoms with E-state index in [0.29, 0.717) is 24.3 Å². The third kappa shape index (κ3) is 3.60. The molecule has 0 aliphatic heterocycles. The van der Waals surface area contributed by atoms with Gasteiger partial charge in [0.2, 0.25) is 0 Å².